The Hall–Kier alpha value is -0.820. The van der Waals surface area contributed by atoms with E-state index in [0.717, 1.165) is 0 Å². The number of terminal acetylenes is 1. The summed E-state index contributed by atoms with van der Waals surface area (Å²) in [5.41, 5.74) is 0. The Labute approximate surface area is 83.3 Å². The summed E-state index contributed by atoms with van der Waals surface area (Å²) >= 11 is 0. The third-order valence-corrected chi connectivity index (χ3v) is 2.67. The first-order valence-electron chi connectivity index (χ1n) is 3.84. The molecule has 0 heterocycles. The summed E-state index contributed by atoms with van der Waals surface area (Å²) in [4.78, 5) is 11.1. The summed E-state index contributed by atoms with van der Waals surface area (Å²) in [7, 11) is -1.93. The van der Waals surface area contributed by atoms with Crippen LogP contribution in [0.4, 0.5) is 0 Å². The normalized spacial score (nSPS) is 16.4. The van der Waals surface area contributed by atoms with Crippen LogP contribution in [-0.4, -0.2) is 32.5 Å². The third kappa shape index (κ3) is 5.03. The van der Waals surface area contributed by atoms with Gasteiger partial charge >= 0.3 is 13.6 Å². The van der Waals surface area contributed by atoms with Gasteiger partial charge in [-0.3, -0.25) is 9.09 Å². The average Bonchev–Trinajstić information content (AvgIpc) is 2.13. The van der Waals surface area contributed by atoms with Gasteiger partial charge in [-0.2, -0.15) is 0 Å². The molecule has 5 nitrogen and oxygen atoms in total. The molecule has 0 amide bonds. The van der Waals surface area contributed by atoms with Crippen LogP contribution in [0.5, 0.6) is 0 Å². The van der Waals surface area contributed by atoms with Gasteiger partial charge < -0.3 is 9.26 Å². The zero-order valence-electron chi connectivity index (χ0n) is 8.35. The maximum Gasteiger partial charge on any atom is 0.336 e. The van der Waals surface area contributed by atoms with E-state index in [9.17, 15) is 9.36 Å². The number of carbonyl (C=O) groups excluding carboxylic acids is 1. The number of rotatable bonds is 5. The Morgan fingerprint density at radius 3 is 2.64 bits per heavy atom. The molecule has 0 aliphatic heterocycles. The fourth-order valence-electron chi connectivity index (χ4n) is 0.603. The second-order valence-corrected chi connectivity index (χ2v) is 4.63. The maximum atomic E-state index is 11.3. The Morgan fingerprint density at radius 1 is 1.64 bits per heavy atom. The molecule has 0 aliphatic carbocycles. The summed E-state index contributed by atoms with van der Waals surface area (Å²) < 4.78 is 25.2. The largest absolute Gasteiger partial charge is 0.451 e. The molecule has 0 bridgehead atoms. The quantitative estimate of drug-likeness (QED) is 0.393. The molecule has 2 unspecified atom stereocenters. The van der Waals surface area contributed by atoms with E-state index in [-0.39, 0.29) is 6.61 Å². The Morgan fingerprint density at radius 2 is 2.21 bits per heavy atom. The second kappa shape index (κ2) is 5.82. The average molecular weight is 220 g/mol. The Balaban J connectivity index is 4.09. The highest BCUT2D eigenvalue weighted by atomic mass is 31.2. The third-order valence-electron chi connectivity index (χ3n) is 1.31. The highest BCUT2D eigenvalue weighted by Gasteiger charge is 2.24. The van der Waals surface area contributed by atoms with Gasteiger partial charge in [-0.05, 0) is 6.92 Å². The summed E-state index contributed by atoms with van der Waals surface area (Å²) in [6.45, 7) is 2.54. The molecule has 0 radical (unpaired) electrons. The molecule has 0 saturated carbocycles. The maximum absolute atomic E-state index is 11.3. The van der Waals surface area contributed by atoms with E-state index in [2.05, 4.69) is 15.2 Å². The van der Waals surface area contributed by atoms with E-state index in [0.29, 0.717) is 0 Å². The smallest absolute Gasteiger partial charge is 0.336 e. The minimum absolute atomic E-state index is 0.131. The van der Waals surface area contributed by atoms with Crippen LogP contribution >= 0.6 is 7.60 Å². The molecule has 0 fully saturated rings. The van der Waals surface area contributed by atoms with Crippen LogP contribution in [0, 0.1) is 12.3 Å². The number of hydrogen-bond donors (Lipinski definition) is 0. The second-order valence-electron chi connectivity index (χ2n) is 2.51. The predicted molar refractivity (Wildman–Crippen MR) is 50.9 cm³/mol. The van der Waals surface area contributed by atoms with Gasteiger partial charge in [0.2, 0.25) is 0 Å². The number of esters is 1. The molecule has 0 N–H and O–H groups in total. The van der Waals surface area contributed by atoms with Crippen LogP contribution in [0.3, 0.4) is 0 Å². The molecule has 2 atom stereocenters. The first-order chi connectivity index (χ1) is 6.43. The van der Waals surface area contributed by atoms with Crippen molar-refractivity contribution >= 4 is 13.6 Å². The Kier molecular flexibility index (Phi) is 5.47. The van der Waals surface area contributed by atoms with Gasteiger partial charge in [0.1, 0.15) is 0 Å². The topological polar surface area (TPSA) is 61.8 Å². The SMILES string of the molecule is C#CCOC(=O)C(C)OP(C)(=O)OC. The van der Waals surface area contributed by atoms with E-state index >= 15 is 0 Å². The molecule has 14 heavy (non-hydrogen) atoms. The minimum Gasteiger partial charge on any atom is -0.451 e. The number of hydrogen-bond acceptors (Lipinski definition) is 5. The van der Waals surface area contributed by atoms with Gasteiger partial charge in [-0.1, -0.05) is 5.92 Å². The van der Waals surface area contributed by atoms with E-state index in [1.165, 1.54) is 20.7 Å². The highest BCUT2D eigenvalue weighted by molar-refractivity contribution is 7.53. The summed E-state index contributed by atoms with van der Waals surface area (Å²) in [5, 5.41) is 0. The van der Waals surface area contributed by atoms with E-state index < -0.39 is 19.7 Å². The molecule has 0 saturated heterocycles. The van der Waals surface area contributed by atoms with E-state index in [1.807, 2.05) is 0 Å². The number of ether oxygens (including phenoxy) is 1. The van der Waals surface area contributed by atoms with Crippen molar-refractivity contribution in [2.24, 2.45) is 0 Å². The molecular weight excluding hydrogens is 207 g/mol. The molecular formula is C8H13O5P. The monoisotopic (exact) mass is 220 g/mol. The summed E-state index contributed by atoms with van der Waals surface area (Å²) in [6.07, 6.45) is 3.92. The van der Waals surface area contributed by atoms with Gasteiger partial charge in [-0.25, -0.2) is 4.79 Å². The zero-order valence-corrected chi connectivity index (χ0v) is 9.24. The van der Waals surface area contributed by atoms with Crippen LogP contribution < -0.4 is 0 Å². The van der Waals surface area contributed by atoms with Crippen LogP contribution in [0.15, 0.2) is 0 Å². The van der Waals surface area contributed by atoms with Crippen molar-refractivity contribution in [2.75, 3.05) is 20.4 Å². The van der Waals surface area contributed by atoms with Crippen LogP contribution in [0.25, 0.3) is 0 Å². The predicted octanol–water partition coefficient (Wildman–Crippen LogP) is 1.04. The molecule has 80 valence electrons. The molecule has 0 aromatic rings. The summed E-state index contributed by atoms with van der Waals surface area (Å²) in [6, 6.07) is 0. The van der Waals surface area contributed by atoms with Gasteiger partial charge in [0, 0.05) is 13.8 Å². The fraction of sp³-hybridized carbons (Fsp3) is 0.625. The molecule has 0 rings (SSSR count). The first-order valence-corrected chi connectivity index (χ1v) is 5.83. The van der Waals surface area contributed by atoms with Gasteiger partial charge in [0.05, 0.1) is 0 Å². The molecule has 6 heteroatoms. The zero-order chi connectivity index (χ0) is 11.2. The van der Waals surface area contributed by atoms with Crippen molar-refractivity contribution in [1.29, 1.82) is 0 Å². The van der Waals surface area contributed by atoms with Gasteiger partial charge in [0.25, 0.3) is 0 Å². The fourth-order valence-corrected chi connectivity index (χ4v) is 1.35. The first kappa shape index (κ1) is 13.2. The van der Waals surface area contributed by atoms with E-state index in [1.54, 1.807) is 0 Å². The lowest BCUT2D eigenvalue weighted by atomic mass is 10.4. The molecule has 0 aliphatic rings. The van der Waals surface area contributed by atoms with Crippen LogP contribution in [-0.2, 0) is 23.1 Å². The lowest BCUT2D eigenvalue weighted by molar-refractivity contribution is -0.149. The van der Waals surface area contributed by atoms with Crippen LogP contribution in [0.1, 0.15) is 6.92 Å². The van der Waals surface area contributed by atoms with Crippen molar-refractivity contribution in [3.8, 4) is 12.3 Å². The van der Waals surface area contributed by atoms with Crippen LogP contribution in [0.2, 0.25) is 0 Å². The summed E-state index contributed by atoms with van der Waals surface area (Å²) in [5.74, 6) is 1.47. The van der Waals surface area contributed by atoms with Crippen molar-refractivity contribution in [1.82, 2.24) is 0 Å². The highest BCUT2D eigenvalue weighted by Crippen LogP contribution is 2.43. The lowest BCUT2D eigenvalue weighted by Crippen LogP contribution is -2.22. The number of carbonyl (C=O) groups is 1. The Bertz CT molecular complexity index is 280. The van der Waals surface area contributed by atoms with Gasteiger partial charge in [-0.15, -0.1) is 6.42 Å². The van der Waals surface area contributed by atoms with Crippen molar-refractivity contribution < 1.29 is 23.1 Å². The standard InChI is InChI=1S/C8H13O5P/c1-5-6-12-8(9)7(2)13-14(4,10)11-3/h1,7H,6H2,2-4H3. The van der Waals surface area contributed by atoms with Gasteiger partial charge in [0.15, 0.2) is 12.7 Å². The van der Waals surface area contributed by atoms with Crippen molar-refractivity contribution in [3.63, 3.8) is 0 Å². The molecule has 0 aromatic heterocycles. The lowest BCUT2D eigenvalue weighted by Gasteiger charge is -2.15. The molecule has 0 spiro atoms. The molecule has 0 aromatic carbocycles. The van der Waals surface area contributed by atoms with E-state index in [4.69, 9.17) is 10.9 Å². The minimum atomic E-state index is -3.17. The van der Waals surface area contributed by atoms with Crippen molar-refractivity contribution in [2.45, 2.75) is 13.0 Å². The van der Waals surface area contributed by atoms with Crippen molar-refractivity contribution in [3.05, 3.63) is 0 Å².